The van der Waals surface area contributed by atoms with Crippen LogP contribution in [0.1, 0.15) is 23.1 Å². The van der Waals surface area contributed by atoms with Gasteiger partial charge in [-0.1, -0.05) is 11.6 Å². The van der Waals surface area contributed by atoms with Crippen LogP contribution in [0, 0.1) is 6.92 Å². The Morgan fingerprint density at radius 1 is 1.18 bits per heavy atom. The number of hydrogen-bond acceptors (Lipinski definition) is 6. The van der Waals surface area contributed by atoms with E-state index in [0.29, 0.717) is 16.5 Å². The summed E-state index contributed by atoms with van der Waals surface area (Å²) in [7, 11) is 0. The van der Waals surface area contributed by atoms with E-state index in [-0.39, 0.29) is 5.69 Å². The van der Waals surface area contributed by atoms with Gasteiger partial charge in [0.05, 0.1) is 16.9 Å². The summed E-state index contributed by atoms with van der Waals surface area (Å²) in [5.41, 5.74) is 0.714. The summed E-state index contributed by atoms with van der Waals surface area (Å²) in [6.45, 7) is 3.20. The van der Waals surface area contributed by atoms with E-state index in [2.05, 4.69) is 20.3 Å². The number of nitrogens with zero attached hydrogens (tertiary/aromatic N) is 3. The minimum Gasteiger partial charge on any atom is -0.448 e. The van der Waals surface area contributed by atoms with Gasteiger partial charge in [0.1, 0.15) is 5.82 Å². The first kappa shape index (κ1) is 15.8. The molecule has 2 aromatic rings. The van der Waals surface area contributed by atoms with Crippen LogP contribution in [0.25, 0.3) is 0 Å². The molecule has 0 aliphatic carbocycles. The summed E-state index contributed by atoms with van der Waals surface area (Å²) in [4.78, 5) is 35.5. The summed E-state index contributed by atoms with van der Waals surface area (Å²) in [6, 6.07) is 3.13. The standard InChI is InChI=1S/C14H13ClN4O3/c1-8-5-17-11(7-16-8)14(21)22-9(2)13(20)19-12-4-3-10(15)6-18-12/h3-7,9H,1-2H3,(H,18,19,20)/t9-/m1/s1. The Hall–Kier alpha value is -2.54. The van der Waals surface area contributed by atoms with E-state index in [4.69, 9.17) is 16.3 Å². The summed E-state index contributed by atoms with van der Waals surface area (Å²) >= 11 is 5.70. The molecule has 1 amide bonds. The monoisotopic (exact) mass is 320 g/mol. The van der Waals surface area contributed by atoms with Gasteiger partial charge in [-0.3, -0.25) is 9.78 Å². The zero-order chi connectivity index (χ0) is 16.1. The molecule has 0 saturated heterocycles. The number of ether oxygens (including phenoxy) is 1. The van der Waals surface area contributed by atoms with Crippen molar-refractivity contribution in [2.45, 2.75) is 20.0 Å². The molecule has 0 aliphatic heterocycles. The second kappa shape index (κ2) is 6.95. The second-order valence-corrected chi connectivity index (χ2v) is 4.88. The number of aryl methyl sites for hydroxylation is 1. The van der Waals surface area contributed by atoms with Crippen LogP contribution in [0.3, 0.4) is 0 Å². The molecule has 22 heavy (non-hydrogen) atoms. The first-order chi connectivity index (χ1) is 10.5. The highest BCUT2D eigenvalue weighted by Gasteiger charge is 2.20. The van der Waals surface area contributed by atoms with Crippen LogP contribution in [0.15, 0.2) is 30.7 Å². The summed E-state index contributed by atoms with van der Waals surface area (Å²) < 4.78 is 5.03. The molecule has 7 nitrogen and oxygen atoms in total. The molecule has 114 valence electrons. The molecule has 2 heterocycles. The minimum absolute atomic E-state index is 0.0369. The highest BCUT2D eigenvalue weighted by atomic mass is 35.5. The van der Waals surface area contributed by atoms with Crippen molar-refractivity contribution >= 4 is 29.3 Å². The maximum atomic E-state index is 11.9. The first-order valence-electron chi connectivity index (χ1n) is 6.38. The van der Waals surface area contributed by atoms with Crippen LogP contribution in [0.2, 0.25) is 5.02 Å². The predicted molar refractivity (Wildman–Crippen MR) is 79.5 cm³/mol. The topological polar surface area (TPSA) is 94.1 Å². The van der Waals surface area contributed by atoms with Gasteiger partial charge in [0.15, 0.2) is 11.8 Å². The Kier molecular flexibility index (Phi) is 5.00. The average Bonchev–Trinajstić information content (AvgIpc) is 2.50. The van der Waals surface area contributed by atoms with E-state index in [1.165, 1.54) is 25.5 Å². The van der Waals surface area contributed by atoms with Crippen LogP contribution in [0.4, 0.5) is 5.82 Å². The zero-order valence-electron chi connectivity index (χ0n) is 11.9. The lowest BCUT2D eigenvalue weighted by Crippen LogP contribution is -2.30. The number of anilines is 1. The van der Waals surface area contributed by atoms with Gasteiger partial charge in [0.25, 0.3) is 5.91 Å². The molecule has 2 aromatic heterocycles. The van der Waals surface area contributed by atoms with Crippen LogP contribution in [-0.2, 0) is 9.53 Å². The molecule has 2 rings (SSSR count). The molecule has 0 spiro atoms. The van der Waals surface area contributed by atoms with E-state index < -0.39 is 18.0 Å². The number of carbonyl (C=O) groups excluding carboxylic acids is 2. The Bertz CT molecular complexity index is 673. The maximum Gasteiger partial charge on any atom is 0.359 e. The molecule has 8 heteroatoms. The molecule has 0 saturated carbocycles. The van der Waals surface area contributed by atoms with Crippen molar-refractivity contribution in [2.24, 2.45) is 0 Å². The molecule has 0 unspecified atom stereocenters. The van der Waals surface area contributed by atoms with E-state index in [1.807, 2.05) is 0 Å². The third-order valence-corrected chi connectivity index (χ3v) is 2.85. The van der Waals surface area contributed by atoms with Gasteiger partial charge < -0.3 is 10.1 Å². The predicted octanol–water partition coefficient (Wildman–Crippen LogP) is 2.02. The van der Waals surface area contributed by atoms with Crippen molar-refractivity contribution < 1.29 is 14.3 Å². The highest BCUT2D eigenvalue weighted by Crippen LogP contribution is 2.10. The Morgan fingerprint density at radius 3 is 2.55 bits per heavy atom. The number of aromatic nitrogens is 3. The molecular weight excluding hydrogens is 308 g/mol. The molecule has 0 fully saturated rings. The number of pyridine rings is 1. The van der Waals surface area contributed by atoms with Gasteiger partial charge in [-0.2, -0.15) is 0 Å². The first-order valence-corrected chi connectivity index (χ1v) is 6.75. The zero-order valence-corrected chi connectivity index (χ0v) is 12.7. The fourth-order valence-corrected chi connectivity index (χ4v) is 1.56. The lowest BCUT2D eigenvalue weighted by Gasteiger charge is -2.12. The van der Waals surface area contributed by atoms with Crippen LogP contribution < -0.4 is 5.32 Å². The third kappa shape index (κ3) is 4.23. The number of amides is 1. The highest BCUT2D eigenvalue weighted by molar-refractivity contribution is 6.30. The maximum absolute atomic E-state index is 11.9. The SMILES string of the molecule is Cc1cnc(C(=O)O[C@H](C)C(=O)Nc2ccc(Cl)cn2)cn1. The van der Waals surface area contributed by atoms with Gasteiger partial charge in [0, 0.05) is 12.4 Å². The molecule has 0 bridgehead atoms. The number of esters is 1. The minimum atomic E-state index is -1.01. The van der Waals surface area contributed by atoms with Crippen molar-refractivity contribution in [3.63, 3.8) is 0 Å². The van der Waals surface area contributed by atoms with E-state index in [9.17, 15) is 9.59 Å². The Labute approximate surface area is 131 Å². The van der Waals surface area contributed by atoms with Crippen LogP contribution in [0.5, 0.6) is 0 Å². The third-order valence-electron chi connectivity index (χ3n) is 2.62. The van der Waals surface area contributed by atoms with Crippen molar-refractivity contribution in [1.82, 2.24) is 15.0 Å². The van der Waals surface area contributed by atoms with Crippen LogP contribution in [-0.4, -0.2) is 32.9 Å². The van der Waals surface area contributed by atoms with Gasteiger partial charge in [-0.05, 0) is 26.0 Å². The smallest absolute Gasteiger partial charge is 0.359 e. The van der Waals surface area contributed by atoms with Gasteiger partial charge in [-0.15, -0.1) is 0 Å². The van der Waals surface area contributed by atoms with Crippen molar-refractivity contribution in [2.75, 3.05) is 5.32 Å². The lowest BCUT2D eigenvalue weighted by molar-refractivity contribution is -0.123. The number of halogens is 1. The summed E-state index contributed by atoms with van der Waals surface area (Å²) in [5.74, 6) is -0.921. The van der Waals surface area contributed by atoms with Gasteiger partial charge in [0.2, 0.25) is 0 Å². The number of hydrogen-bond donors (Lipinski definition) is 1. The fourth-order valence-electron chi connectivity index (χ4n) is 1.45. The molecule has 0 aliphatic rings. The summed E-state index contributed by atoms with van der Waals surface area (Å²) in [6.07, 6.45) is 3.13. The average molecular weight is 321 g/mol. The van der Waals surface area contributed by atoms with Gasteiger partial charge >= 0.3 is 5.97 Å². The molecule has 0 radical (unpaired) electrons. The molecule has 1 atom stereocenters. The Morgan fingerprint density at radius 2 is 1.95 bits per heavy atom. The molecular formula is C14H13ClN4O3. The number of rotatable bonds is 4. The Balaban J connectivity index is 1.94. The largest absolute Gasteiger partial charge is 0.448 e. The van der Waals surface area contributed by atoms with E-state index in [1.54, 1.807) is 19.1 Å². The molecule has 0 aromatic carbocycles. The van der Waals surface area contributed by atoms with E-state index >= 15 is 0 Å². The van der Waals surface area contributed by atoms with Crippen molar-refractivity contribution in [3.05, 3.63) is 47.1 Å². The van der Waals surface area contributed by atoms with Crippen LogP contribution >= 0.6 is 11.6 Å². The summed E-state index contributed by atoms with van der Waals surface area (Å²) in [5, 5.41) is 2.97. The fraction of sp³-hybridized carbons (Fsp3) is 0.214. The molecule has 1 N–H and O–H groups in total. The quantitative estimate of drug-likeness (QED) is 0.866. The lowest BCUT2D eigenvalue weighted by atomic mass is 10.3. The number of nitrogens with one attached hydrogen (secondary N) is 1. The second-order valence-electron chi connectivity index (χ2n) is 4.44. The van der Waals surface area contributed by atoms with Gasteiger partial charge in [-0.25, -0.2) is 14.8 Å². The van der Waals surface area contributed by atoms with Crippen molar-refractivity contribution in [3.8, 4) is 0 Å². The van der Waals surface area contributed by atoms with E-state index in [0.717, 1.165) is 0 Å². The normalized spacial score (nSPS) is 11.6. The number of carbonyl (C=O) groups is 2. The van der Waals surface area contributed by atoms with Crippen molar-refractivity contribution in [1.29, 1.82) is 0 Å².